The van der Waals surface area contributed by atoms with Crippen LogP contribution >= 0.6 is 0 Å². The van der Waals surface area contributed by atoms with Crippen LogP contribution in [0.2, 0.25) is 0 Å². The summed E-state index contributed by atoms with van der Waals surface area (Å²) in [6.45, 7) is 10.1. The first-order valence-electron chi connectivity index (χ1n) is 6.91. The molecule has 0 unspecified atom stereocenters. The molecular weight excluding hydrogens is 180 g/mol. The Bertz CT molecular complexity index is 210. The molecule has 0 heterocycles. The van der Waals surface area contributed by atoms with E-state index in [1.807, 2.05) is 0 Å². The van der Waals surface area contributed by atoms with E-state index in [9.17, 15) is 0 Å². The molecule has 2 aliphatic rings. The van der Waals surface area contributed by atoms with E-state index in [0.29, 0.717) is 16.2 Å². The van der Waals surface area contributed by atoms with E-state index in [1.54, 1.807) is 0 Å². The third kappa shape index (κ3) is 1.56. The van der Waals surface area contributed by atoms with Crippen LogP contribution in [0.25, 0.3) is 0 Å². The topological polar surface area (TPSA) is 0 Å². The van der Waals surface area contributed by atoms with Gasteiger partial charge in [-0.2, -0.15) is 0 Å². The predicted molar refractivity (Wildman–Crippen MR) is 66.9 cm³/mol. The predicted octanol–water partition coefficient (Wildman–Crippen LogP) is 5.17. The van der Waals surface area contributed by atoms with Gasteiger partial charge < -0.3 is 0 Å². The lowest BCUT2D eigenvalue weighted by molar-refractivity contribution is -0.196. The van der Waals surface area contributed by atoms with E-state index in [0.717, 1.165) is 0 Å². The van der Waals surface area contributed by atoms with Gasteiger partial charge >= 0.3 is 0 Å². The monoisotopic (exact) mass is 208 g/mol. The molecule has 0 atom stereocenters. The first-order chi connectivity index (χ1) is 6.91. The van der Waals surface area contributed by atoms with Crippen molar-refractivity contribution in [3.05, 3.63) is 0 Å². The lowest BCUT2D eigenvalue weighted by Gasteiger charge is -2.69. The molecule has 88 valence electrons. The minimum Gasteiger partial charge on any atom is -0.0593 e. The summed E-state index contributed by atoms with van der Waals surface area (Å²) in [6, 6.07) is 0. The Kier molecular flexibility index (Phi) is 2.68. The molecule has 0 N–H and O–H groups in total. The van der Waals surface area contributed by atoms with Gasteiger partial charge in [0.05, 0.1) is 0 Å². The summed E-state index contributed by atoms with van der Waals surface area (Å²) in [5, 5.41) is 0. The highest BCUT2D eigenvalue weighted by Crippen LogP contribution is 2.72. The largest absolute Gasteiger partial charge is 0.0593 e. The molecular formula is C15H28. The molecule has 2 saturated carbocycles. The van der Waals surface area contributed by atoms with Crippen LogP contribution in [0.1, 0.15) is 79.1 Å². The molecule has 0 amide bonds. The Labute approximate surface area is 95.8 Å². The van der Waals surface area contributed by atoms with Crippen LogP contribution in [0.5, 0.6) is 0 Å². The Balaban J connectivity index is 2.20. The number of hydrogen-bond donors (Lipinski definition) is 0. The van der Waals surface area contributed by atoms with Gasteiger partial charge in [0.25, 0.3) is 0 Å². The first kappa shape index (κ1) is 11.5. The maximum atomic E-state index is 2.51. The molecule has 0 saturated heterocycles. The van der Waals surface area contributed by atoms with Crippen LogP contribution in [-0.4, -0.2) is 0 Å². The minimum absolute atomic E-state index is 0.605. The average Bonchev–Trinajstić information content (AvgIpc) is 1.98. The van der Waals surface area contributed by atoms with Crippen molar-refractivity contribution in [3.8, 4) is 0 Å². The molecule has 0 aromatic rings. The van der Waals surface area contributed by atoms with Crippen molar-refractivity contribution in [3.63, 3.8) is 0 Å². The number of hydrogen-bond acceptors (Lipinski definition) is 0. The molecule has 2 rings (SSSR count). The zero-order chi connectivity index (χ0) is 11.2. The highest BCUT2D eigenvalue weighted by Gasteiger charge is 2.63. The van der Waals surface area contributed by atoms with Gasteiger partial charge in [-0.15, -0.1) is 0 Å². The molecule has 0 radical (unpaired) electrons. The van der Waals surface area contributed by atoms with Crippen LogP contribution in [0, 0.1) is 16.2 Å². The smallest absolute Gasteiger partial charge is 0.0195 e. The highest BCUT2D eigenvalue weighted by atomic mass is 14.7. The fourth-order valence-corrected chi connectivity index (χ4v) is 5.12. The first-order valence-corrected chi connectivity index (χ1v) is 6.91. The van der Waals surface area contributed by atoms with E-state index >= 15 is 0 Å². The Morgan fingerprint density at radius 3 is 1.40 bits per heavy atom. The zero-order valence-electron chi connectivity index (χ0n) is 11.2. The van der Waals surface area contributed by atoms with Crippen molar-refractivity contribution >= 4 is 0 Å². The summed E-state index contributed by atoms with van der Waals surface area (Å²) in [5.41, 5.74) is 1.88. The van der Waals surface area contributed by atoms with Gasteiger partial charge in [-0.05, 0) is 35.5 Å². The van der Waals surface area contributed by atoms with Gasteiger partial charge in [0.2, 0.25) is 0 Å². The van der Waals surface area contributed by atoms with Gasteiger partial charge in [0, 0.05) is 0 Å². The molecule has 0 aromatic carbocycles. The second-order valence-electron chi connectivity index (χ2n) is 7.29. The van der Waals surface area contributed by atoms with E-state index in [4.69, 9.17) is 0 Å². The van der Waals surface area contributed by atoms with Crippen molar-refractivity contribution in [2.45, 2.75) is 79.1 Å². The summed E-state index contributed by atoms with van der Waals surface area (Å²) < 4.78 is 0. The van der Waals surface area contributed by atoms with Gasteiger partial charge in [0.15, 0.2) is 0 Å². The molecule has 0 heteroatoms. The Morgan fingerprint density at radius 2 is 1.00 bits per heavy atom. The normalized spacial score (nSPS) is 32.8. The lowest BCUT2D eigenvalue weighted by Crippen LogP contribution is -2.60. The zero-order valence-corrected chi connectivity index (χ0v) is 11.2. The summed E-state index contributed by atoms with van der Waals surface area (Å²) in [4.78, 5) is 0. The average molecular weight is 208 g/mol. The fraction of sp³-hybridized carbons (Fsp3) is 1.00. The summed E-state index contributed by atoms with van der Waals surface area (Å²) in [7, 11) is 0. The van der Waals surface area contributed by atoms with Crippen LogP contribution in [0.15, 0.2) is 0 Å². The maximum absolute atomic E-state index is 2.51. The SMILES string of the molecule is CC1(C)CC(C)(C)C12CCCCCCC2. The van der Waals surface area contributed by atoms with E-state index < -0.39 is 0 Å². The molecule has 2 aliphatic carbocycles. The fourth-order valence-electron chi connectivity index (χ4n) is 5.12. The second kappa shape index (κ2) is 3.50. The van der Waals surface area contributed by atoms with Gasteiger partial charge in [0.1, 0.15) is 0 Å². The van der Waals surface area contributed by atoms with Crippen LogP contribution in [0.3, 0.4) is 0 Å². The van der Waals surface area contributed by atoms with Crippen LogP contribution in [0.4, 0.5) is 0 Å². The van der Waals surface area contributed by atoms with Gasteiger partial charge in [-0.25, -0.2) is 0 Å². The van der Waals surface area contributed by atoms with Crippen LogP contribution in [-0.2, 0) is 0 Å². The molecule has 2 fully saturated rings. The molecule has 0 nitrogen and oxygen atoms in total. The molecule has 1 spiro atoms. The van der Waals surface area contributed by atoms with Crippen molar-refractivity contribution in [2.24, 2.45) is 16.2 Å². The standard InChI is InChI=1S/C15H28/c1-13(2)12-14(3,4)15(13)10-8-6-5-7-9-11-15/h5-12H2,1-4H3. The van der Waals surface area contributed by atoms with Crippen molar-refractivity contribution in [2.75, 3.05) is 0 Å². The summed E-state index contributed by atoms with van der Waals surface area (Å²) in [6.07, 6.45) is 11.8. The molecule has 0 bridgehead atoms. The summed E-state index contributed by atoms with van der Waals surface area (Å²) >= 11 is 0. The molecule has 0 aromatic heterocycles. The van der Waals surface area contributed by atoms with Gasteiger partial charge in [-0.3, -0.25) is 0 Å². The second-order valence-corrected chi connectivity index (χ2v) is 7.29. The quantitative estimate of drug-likeness (QED) is 0.515. The van der Waals surface area contributed by atoms with E-state index in [1.165, 1.54) is 51.4 Å². The van der Waals surface area contributed by atoms with Gasteiger partial charge in [-0.1, -0.05) is 59.8 Å². The number of rotatable bonds is 0. The Hall–Kier alpha value is 0. The minimum atomic E-state index is 0.605. The lowest BCUT2D eigenvalue weighted by atomic mass is 9.36. The van der Waals surface area contributed by atoms with Crippen LogP contribution < -0.4 is 0 Å². The van der Waals surface area contributed by atoms with E-state index in [-0.39, 0.29) is 0 Å². The van der Waals surface area contributed by atoms with E-state index in [2.05, 4.69) is 27.7 Å². The van der Waals surface area contributed by atoms with Crippen molar-refractivity contribution in [1.29, 1.82) is 0 Å². The molecule has 0 aliphatic heterocycles. The Morgan fingerprint density at radius 1 is 0.600 bits per heavy atom. The maximum Gasteiger partial charge on any atom is -0.0195 e. The highest BCUT2D eigenvalue weighted by molar-refractivity contribution is 5.12. The third-order valence-electron chi connectivity index (χ3n) is 5.68. The van der Waals surface area contributed by atoms with Crippen molar-refractivity contribution < 1.29 is 0 Å². The van der Waals surface area contributed by atoms with Crippen molar-refractivity contribution in [1.82, 2.24) is 0 Å². The third-order valence-corrected chi connectivity index (χ3v) is 5.68. The molecule has 15 heavy (non-hydrogen) atoms. The summed E-state index contributed by atoms with van der Waals surface area (Å²) in [5.74, 6) is 0.